The maximum Gasteiger partial charge on any atom is 0.119 e. The summed E-state index contributed by atoms with van der Waals surface area (Å²) in [5.41, 5.74) is 6.11. The zero-order valence-corrected chi connectivity index (χ0v) is 12.9. The lowest BCUT2D eigenvalue weighted by Gasteiger charge is -2.12. The third-order valence-corrected chi connectivity index (χ3v) is 3.86. The normalized spacial score (nSPS) is 12.4. The third-order valence-electron chi connectivity index (χ3n) is 3.86. The van der Waals surface area contributed by atoms with Gasteiger partial charge in [0.05, 0.1) is 0 Å². The average Bonchev–Trinajstić information content (AvgIpc) is 2.36. The quantitative estimate of drug-likeness (QED) is 0.723. The molecule has 0 aliphatic carbocycles. The van der Waals surface area contributed by atoms with E-state index in [-0.39, 0.29) is 0 Å². The molecule has 0 saturated carbocycles. The zero-order chi connectivity index (χ0) is 14.4. The van der Waals surface area contributed by atoms with Crippen LogP contribution in [-0.4, -0.2) is 5.11 Å². The summed E-state index contributed by atoms with van der Waals surface area (Å²) in [6.07, 6.45) is 9.52. The van der Waals surface area contributed by atoms with Gasteiger partial charge in [0.2, 0.25) is 0 Å². The van der Waals surface area contributed by atoms with Gasteiger partial charge in [0.1, 0.15) is 5.75 Å². The van der Waals surface area contributed by atoms with Gasteiger partial charge in [-0.1, -0.05) is 23.8 Å². The number of aryl methyl sites for hydroxylation is 1. The van der Waals surface area contributed by atoms with Crippen LogP contribution in [0.5, 0.6) is 5.75 Å². The second-order valence-electron chi connectivity index (χ2n) is 5.30. The number of hydrogen-bond acceptors (Lipinski definition) is 1. The van der Waals surface area contributed by atoms with E-state index < -0.39 is 0 Å². The third kappa shape index (κ3) is 4.27. The van der Waals surface area contributed by atoms with Gasteiger partial charge in [0.15, 0.2) is 0 Å². The Morgan fingerprint density at radius 1 is 1.21 bits per heavy atom. The van der Waals surface area contributed by atoms with Crippen LogP contribution in [0, 0.1) is 20.8 Å². The molecule has 0 fully saturated rings. The van der Waals surface area contributed by atoms with E-state index in [4.69, 9.17) is 0 Å². The Kier molecular flexibility index (Phi) is 5.88. The van der Waals surface area contributed by atoms with Crippen molar-refractivity contribution in [2.24, 2.45) is 0 Å². The van der Waals surface area contributed by atoms with Gasteiger partial charge in [0.25, 0.3) is 0 Å². The highest BCUT2D eigenvalue weighted by Gasteiger charge is 2.08. The van der Waals surface area contributed by atoms with Crippen molar-refractivity contribution in [2.75, 3.05) is 0 Å². The highest BCUT2D eigenvalue weighted by atomic mass is 16.3. The van der Waals surface area contributed by atoms with Crippen LogP contribution in [0.25, 0.3) is 0 Å². The molecular weight excluding hydrogens is 232 g/mol. The largest absolute Gasteiger partial charge is 0.508 e. The Morgan fingerprint density at radius 3 is 2.53 bits per heavy atom. The van der Waals surface area contributed by atoms with Gasteiger partial charge in [0, 0.05) is 5.56 Å². The number of benzene rings is 1. The molecule has 19 heavy (non-hydrogen) atoms. The van der Waals surface area contributed by atoms with Crippen molar-refractivity contribution < 1.29 is 5.11 Å². The summed E-state index contributed by atoms with van der Waals surface area (Å²) in [4.78, 5) is 0. The highest BCUT2D eigenvalue weighted by molar-refractivity contribution is 5.48. The summed E-state index contributed by atoms with van der Waals surface area (Å²) in [5.74, 6) is 0.429. The molecule has 0 atom stereocenters. The van der Waals surface area contributed by atoms with Gasteiger partial charge in [-0.15, -0.1) is 0 Å². The minimum atomic E-state index is 0.429. The fourth-order valence-electron chi connectivity index (χ4n) is 2.23. The van der Waals surface area contributed by atoms with Crippen molar-refractivity contribution in [3.05, 3.63) is 52.1 Å². The standard InChI is InChI=1S/C18H26O/c1-6-7-8-9-13(2)10-11-17-16(5)15(4)14(3)12-18(17)19/h6-7,10,12,19H,8-9,11H2,1-5H3/b7-6-,13-10+. The van der Waals surface area contributed by atoms with Gasteiger partial charge >= 0.3 is 0 Å². The first-order chi connectivity index (χ1) is 8.97. The van der Waals surface area contributed by atoms with E-state index in [1.807, 2.05) is 13.0 Å². The monoisotopic (exact) mass is 258 g/mol. The van der Waals surface area contributed by atoms with Gasteiger partial charge in [-0.2, -0.15) is 0 Å². The number of allylic oxidation sites excluding steroid dienone is 4. The van der Waals surface area contributed by atoms with E-state index in [0.717, 1.165) is 30.4 Å². The second kappa shape index (κ2) is 7.18. The van der Waals surface area contributed by atoms with E-state index in [1.165, 1.54) is 16.7 Å². The van der Waals surface area contributed by atoms with Crippen LogP contribution in [0.1, 0.15) is 48.9 Å². The smallest absolute Gasteiger partial charge is 0.119 e. The first-order valence-corrected chi connectivity index (χ1v) is 7.02. The summed E-state index contributed by atoms with van der Waals surface area (Å²) in [6, 6.07) is 1.88. The zero-order valence-electron chi connectivity index (χ0n) is 12.9. The summed E-state index contributed by atoms with van der Waals surface area (Å²) in [7, 11) is 0. The molecule has 1 aromatic rings. The second-order valence-corrected chi connectivity index (χ2v) is 5.30. The number of rotatable bonds is 5. The maximum absolute atomic E-state index is 10.1. The molecule has 0 aromatic heterocycles. The molecule has 1 heteroatoms. The fourth-order valence-corrected chi connectivity index (χ4v) is 2.23. The van der Waals surface area contributed by atoms with E-state index >= 15 is 0 Å². The topological polar surface area (TPSA) is 20.2 Å². The minimum Gasteiger partial charge on any atom is -0.508 e. The maximum atomic E-state index is 10.1. The lowest BCUT2D eigenvalue weighted by molar-refractivity contribution is 0.468. The summed E-state index contributed by atoms with van der Waals surface area (Å²) < 4.78 is 0. The molecule has 0 unspecified atom stereocenters. The fraction of sp³-hybridized carbons (Fsp3) is 0.444. The van der Waals surface area contributed by atoms with Crippen LogP contribution in [0.3, 0.4) is 0 Å². The molecule has 0 amide bonds. The van der Waals surface area contributed by atoms with Crippen LogP contribution in [-0.2, 0) is 6.42 Å². The van der Waals surface area contributed by atoms with Gasteiger partial charge in [-0.05, 0) is 76.6 Å². The molecule has 1 N–H and O–H groups in total. The van der Waals surface area contributed by atoms with Crippen molar-refractivity contribution in [3.8, 4) is 5.75 Å². The first kappa shape index (κ1) is 15.6. The van der Waals surface area contributed by atoms with Crippen molar-refractivity contribution in [1.29, 1.82) is 0 Å². The molecule has 0 aliphatic heterocycles. The molecular formula is C18H26O. The van der Waals surface area contributed by atoms with Crippen molar-refractivity contribution in [1.82, 2.24) is 0 Å². The molecule has 0 radical (unpaired) electrons. The Balaban J connectivity index is 2.83. The van der Waals surface area contributed by atoms with Crippen LogP contribution >= 0.6 is 0 Å². The van der Waals surface area contributed by atoms with Gasteiger partial charge in [-0.25, -0.2) is 0 Å². The molecule has 1 nitrogen and oxygen atoms in total. The number of aromatic hydroxyl groups is 1. The predicted octanol–water partition coefficient (Wildman–Crippen LogP) is 5.16. The Bertz CT molecular complexity index is 493. The number of hydrogen-bond donors (Lipinski definition) is 1. The Morgan fingerprint density at radius 2 is 1.89 bits per heavy atom. The predicted molar refractivity (Wildman–Crippen MR) is 83.8 cm³/mol. The molecule has 0 spiro atoms. The van der Waals surface area contributed by atoms with E-state index in [0.29, 0.717) is 5.75 Å². The molecule has 0 bridgehead atoms. The molecule has 0 heterocycles. The Hall–Kier alpha value is -1.50. The van der Waals surface area contributed by atoms with Gasteiger partial charge < -0.3 is 5.11 Å². The summed E-state index contributed by atoms with van der Waals surface area (Å²) >= 11 is 0. The van der Waals surface area contributed by atoms with Crippen LogP contribution < -0.4 is 0 Å². The number of phenols is 1. The SMILES string of the molecule is C/C=C\CC/C(C)=C/Cc1c(O)cc(C)c(C)c1C. The lowest BCUT2D eigenvalue weighted by Crippen LogP contribution is -1.95. The molecule has 1 aromatic carbocycles. The summed E-state index contributed by atoms with van der Waals surface area (Å²) in [5, 5.41) is 10.1. The van der Waals surface area contributed by atoms with Crippen molar-refractivity contribution >= 4 is 0 Å². The van der Waals surface area contributed by atoms with E-state index in [2.05, 4.69) is 45.9 Å². The first-order valence-electron chi connectivity index (χ1n) is 7.02. The van der Waals surface area contributed by atoms with Crippen LogP contribution in [0.15, 0.2) is 29.9 Å². The van der Waals surface area contributed by atoms with E-state index in [9.17, 15) is 5.11 Å². The molecule has 104 valence electrons. The summed E-state index contributed by atoms with van der Waals surface area (Å²) in [6.45, 7) is 10.5. The van der Waals surface area contributed by atoms with Crippen molar-refractivity contribution in [3.63, 3.8) is 0 Å². The Labute approximate surface area is 117 Å². The number of phenolic OH excluding ortho intramolecular Hbond substituents is 1. The minimum absolute atomic E-state index is 0.429. The molecule has 1 rings (SSSR count). The van der Waals surface area contributed by atoms with Crippen molar-refractivity contribution in [2.45, 2.75) is 53.9 Å². The lowest BCUT2D eigenvalue weighted by atomic mass is 9.95. The highest BCUT2D eigenvalue weighted by Crippen LogP contribution is 2.27. The van der Waals surface area contributed by atoms with Gasteiger partial charge in [-0.3, -0.25) is 0 Å². The van der Waals surface area contributed by atoms with E-state index in [1.54, 1.807) is 0 Å². The molecule has 0 saturated heterocycles. The average molecular weight is 258 g/mol. The van der Waals surface area contributed by atoms with Crippen LogP contribution in [0.4, 0.5) is 0 Å². The van der Waals surface area contributed by atoms with Crippen LogP contribution in [0.2, 0.25) is 0 Å². The molecule has 0 aliphatic rings.